The van der Waals surface area contributed by atoms with Crippen LogP contribution in [-0.4, -0.2) is 89.6 Å². The SMILES string of the molecule is CN(Cc1ccc(C(F)(F)F)c(F)c1)C1CN(C(=O)c2ccc(N3CCN(C(=O)OC(C)(C)C)CC3)nc2)CC1c1ccc(Cl)c(Cl)c1. The van der Waals surface area contributed by atoms with E-state index in [1.807, 2.05) is 36.6 Å². The second-order valence-electron chi connectivity index (χ2n) is 13.1. The number of anilines is 1. The molecule has 2 atom stereocenters. The molecule has 3 aromatic rings. The topological polar surface area (TPSA) is 69.2 Å². The zero-order chi connectivity index (χ0) is 35.0. The van der Waals surface area contributed by atoms with Crippen LogP contribution in [0.3, 0.4) is 0 Å². The number of likely N-dealkylation sites (N-methyl/N-ethyl adjacent to an activating group) is 1. The van der Waals surface area contributed by atoms with Crippen LogP contribution in [-0.2, 0) is 17.5 Å². The van der Waals surface area contributed by atoms with Crippen LogP contribution in [0.1, 0.15) is 53.7 Å². The molecule has 0 bridgehead atoms. The van der Waals surface area contributed by atoms with Crippen molar-refractivity contribution in [1.82, 2.24) is 19.7 Å². The number of alkyl halides is 3. The van der Waals surface area contributed by atoms with E-state index < -0.39 is 23.2 Å². The maximum Gasteiger partial charge on any atom is 0.419 e. The molecule has 14 heteroatoms. The highest BCUT2D eigenvalue weighted by molar-refractivity contribution is 6.42. The van der Waals surface area contributed by atoms with Crippen molar-refractivity contribution in [2.75, 3.05) is 51.2 Å². The van der Waals surface area contributed by atoms with Crippen LogP contribution in [0.5, 0.6) is 0 Å². The quantitative estimate of drug-likeness (QED) is 0.250. The summed E-state index contributed by atoms with van der Waals surface area (Å²) in [5.41, 5.74) is -0.285. The zero-order valence-electron chi connectivity index (χ0n) is 27.0. The highest BCUT2D eigenvalue weighted by Crippen LogP contribution is 2.36. The molecule has 0 spiro atoms. The lowest BCUT2D eigenvalue weighted by Gasteiger charge is -2.36. The van der Waals surface area contributed by atoms with Crippen molar-refractivity contribution in [2.24, 2.45) is 0 Å². The van der Waals surface area contributed by atoms with Gasteiger partial charge in [0.1, 0.15) is 17.2 Å². The molecule has 258 valence electrons. The number of likely N-dealkylation sites (tertiary alicyclic amines) is 1. The Morgan fingerprint density at radius 1 is 0.938 bits per heavy atom. The molecule has 8 nitrogen and oxygen atoms in total. The smallest absolute Gasteiger partial charge is 0.419 e. The first-order valence-corrected chi connectivity index (χ1v) is 16.2. The molecule has 2 aliphatic rings. The van der Waals surface area contributed by atoms with Crippen molar-refractivity contribution in [2.45, 2.75) is 51.1 Å². The van der Waals surface area contributed by atoms with Gasteiger partial charge in [-0.25, -0.2) is 14.2 Å². The lowest BCUT2D eigenvalue weighted by molar-refractivity contribution is -0.140. The second kappa shape index (κ2) is 14.1. The minimum atomic E-state index is -4.79. The van der Waals surface area contributed by atoms with Gasteiger partial charge >= 0.3 is 12.3 Å². The van der Waals surface area contributed by atoms with Crippen molar-refractivity contribution in [3.05, 3.63) is 92.8 Å². The zero-order valence-corrected chi connectivity index (χ0v) is 28.5. The maximum absolute atomic E-state index is 14.4. The third kappa shape index (κ3) is 8.33. The molecule has 2 amide bonds. The molecule has 0 N–H and O–H groups in total. The van der Waals surface area contributed by atoms with E-state index in [0.717, 1.165) is 17.7 Å². The standard InChI is InChI=1S/C34H37Cl2F4N5O3/c1-33(2,3)48-32(47)44-13-11-43(12-14-44)30-10-7-23(17-41-30)31(46)45-19-24(22-6-9-26(35)27(36)16-22)29(20-45)42(4)18-21-5-8-25(28(37)15-21)34(38,39)40/h5-10,15-17,24,29H,11-14,18-20H2,1-4H3. The molecule has 3 heterocycles. The van der Waals surface area contributed by atoms with E-state index in [2.05, 4.69) is 4.98 Å². The van der Waals surface area contributed by atoms with Gasteiger partial charge in [-0.1, -0.05) is 35.3 Å². The van der Waals surface area contributed by atoms with Gasteiger partial charge in [-0.3, -0.25) is 9.69 Å². The van der Waals surface area contributed by atoms with Gasteiger partial charge in [-0.05, 0) is 75.3 Å². The van der Waals surface area contributed by atoms with Gasteiger partial charge in [0.15, 0.2) is 0 Å². The summed E-state index contributed by atoms with van der Waals surface area (Å²) in [5, 5.41) is 0.741. The number of pyridine rings is 1. The Balaban J connectivity index is 1.29. The maximum atomic E-state index is 14.4. The van der Waals surface area contributed by atoms with Gasteiger partial charge in [0.2, 0.25) is 0 Å². The van der Waals surface area contributed by atoms with Crippen LogP contribution in [0.15, 0.2) is 54.7 Å². The molecular formula is C34H37Cl2F4N5O3. The lowest BCUT2D eigenvalue weighted by atomic mass is 9.93. The van der Waals surface area contributed by atoms with Crippen LogP contribution in [0.4, 0.5) is 28.2 Å². The van der Waals surface area contributed by atoms with E-state index in [1.165, 1.54) is 12.3 Å². The summed E-state index contributed by atoms with van der Waals surface area (Å²) in [6.45, 7) is 8.36. The number of nitrogens with zero attached hydrogens (tertiary/aromatic N) is 5. The summed E-state index contributed by atoms with van der Waals surface area (Å²) in [5.74, 6) is -1.10. The second-order valence-corrected chi connectivity index (χ2v) is 14.0. The molecule has 48 heavy (non-hydrogen) atoms. The number of amides is 2. The number of aromatic nitrogens is 1. The number of carbonyl (C=O) groups is 2. The number of halogens is 6. The predicted octanol–water partition coefficient (Wildman–Crippen LogP) is 7.34. The molecule has 2 fully saturated rings. The van der Waals surface area contributed by atoms with Gasteiger partial charge in [0.25, 0.3) is 5.91 Å². The van der Waals surface area contributed by atoms with Crippen LogP contribution in [0, 0.1) is 5.82 Å². The third-order valence-electron chi connectivity index (χ3n) is 8.54. The highest BCUT2D eigenvalue weighted by Gasteiger charge is 2.39. The molecule has 2 unspecified atom stereocenters. The molecule has 0 aliphatic carbocycles. The molecule has 5 rings (SSSR count). The minimum absolute atomic E-state index is 0.150. The van der Waals surface area contributed by atoms with Crippen molar-refractivity contribution < 1.29 is 31.9 Å². The van der Waals surface area contributed by atoms with Gasteiger partial charge in [0.05, 0.1) is 21.2 Å². The first kappa shape index (κ1) is 35.7. The number of benzene rings is 2. The predicted molar refractivity (Wildman–Crippen MR) is 176 cm³/mol. The van der Waals surface area contributed by atoms with Crippen molar-refractivity contribution in [3.8, 4) is 0 Å². The fourth-order valence-electron chi connectivity index (χ4n) is 6.09. The normalized spacial score (nSPS) is 18.9. The Hall–Kier alpha value is -3.61. The van der Waals surface area contributed by atoms with Crippen LogP contribution < -0.4 is 4.90 Å². The molecular weight excluding hydrogens is 673 g/mol. The summed E-state index contributed by atoms with van der Waals surface area (Å²) in [4.78, 5) is 38.0. The summed E-state index contributed by atoms with van der Waals surface area (Å²) in [6, 6.07) is 11.4. The van der Waals surface area contributed by atoms with E-state index in [0.29, 0.717) is 66.3 Å². The van der Waals surface area contributed by atoms with Gasteiger partial charge in [-0.15, -0.1) is 0 Å². The van der Waals surface area contributed by atoms with E-state index in [4.69, 9.17) is 27.9 Å². The highest BCUT2D eigenvalue weighted by atomic mass is 35.5. The number of hydrogen-bond donors (Lipinski definition) is 0. The molecule has 2 aliphatic heterocycles. The van der Waals surface area contributed by atoms with Crippen molar-refractivity contribution in [3.63, 3.8) is 0 Å². The van der Waals surface area contributed by atoms with Crippen molar-refractivity contribution in [1.29, 1.82) is 0 Å². The molecule has 2 saturated heterocycles. The fourth-order valence-corrected chi connectivity index (χ4v) is 6.40. The number of hydrogen-bond acceptors (Lipinski definition) is 6. The number of piperazine rings is 1. The Morgan fingerprint density at radius 3 is 2.23 bits per heavy atom. The van der Waals surface area contributed by atoms with E-state index >= 15 is 0 Å². The number of rotatable bonds is 6. The van der Waals surface area contributed by atoms with Crippen LogP contribution in [0.25, 0.3) is 0 Å². The van der Waals surface area contributed by atoms with Gasteiger partial charge < -0.3 is 19.4 Å². The average Bonchev–Trinajstić information content (AvgIpc) is 3.47. The summed E-state index contributed by atoms with van der Waals surface area (Å²) in [7, 11) is 1.79. The largest absolute Gasteiger partial charge is 0.444 e. The van der Waals surface area contributed by atoms with Gasteiger partial charge in [0, 0.05) is 64.0 Å². The summed E-state index contributed by atoms with van der Waals surface area (Å²) in [6.07, 6.45) is -3.60. The van der Waals surface area contributed by atoms with E-state index in [1.54, 1.807) is 41.1 Å². The summed E-state index contributed by atoms with van der Waals surface area (Å²) >= 11 is 12.5. The van der Waals surface area contributed by atoms with E-state index in [9.17, 15) is 27.2 Å². The third-order valence-corrected chi connectivity index (χ3v) is 9.27. The monoisotopic (exact) mass is 709 g/mol. The minimum Gasteiger partial charge on any atom is -0.444 e. The fraction of sp³-hybridized carbons (Fsp3) is 0.441. The molecule has 0 saturated carbocycles. The van der Waals surface area contributed by atoms with Crippen LogP contribution >= 0.6 is 23.2 Å². The Kier molecular flexibility index (Phi) is 10.5. The Bertz CT molecular complexity index is 1640. The first-order chi connectivity index (χ1) is 22.5. The number of ether oxygens (including phenoxy) is 1. The number of carbonyl (C=O) groups excluding carboxylic acids is 2. The summed E-state index contributed by atoms with van der Waals surface area (Å²) < 4.78 is 59.2. The Morgan fingerprint density at radius 2 is 1.65 bits per heavy atom. The first-order valence-electron chi connectivity index (χ1n) is 15.5. The molecule has 2 aromatic carbocycles. The lowest BCUT2D eigenvalue weighted by Crippen LogP contribution is -2.50. The van der Waals surface area contributed by atoms with E-state index in [-0.39, 0.29) is 30.5 Å². The van der Waals surface area contributed by atoms with Crippen molar-refractivity contribution >= 4 is 41.0 Å². The molecule has 0 radical (unpaired) electrons. The van der Waals surface area contributed by atoms with Gasteiger partial charge in [-0.2, -0.15) is 13.2 Å². The average molecular weight is 711 g/mol. The van der Waals surface area contributed by atoms with Crippen LogP contribution in [0.2, 0.25) is 10.0 Å². The molecule has 1 aromatic heterocycles. The Labute approximate surface area is 287 Å².